The molecule has 2 aromatic carbocycles. The predicted molar refractivity (Wildman–Crippen MR) is 119 cm³/mol. The summed E-state index contributed by atoms with van der Waals surface area (Å²) in [5, 5.41) is 13.7. The second-order valence-electron chi connectivity index (χ2n) is 6.53. The van der Waals surface area contributed by atoms with Crippen molar-refractivity contribution in [2.75, 3.05) is 18.2 Å². The maximum absolute atomic E-state index is 11.5. The third kappa shape index (κ3) is 4.97. The van der Waals surface area contributed by atoms with E-state index in [2.05, 4.69) is 28.3 Å². The Hall–Kier alpha value is -3.37. The highest BCUT2D eigenvalue weighted by atomic mass is 32.2. The highest BCUT2D eigenvalue weighted by Gasteiger charge is 2.17. The molecule has 0 unspecified atom stereocenters. The van der Waals surface area contributed by atoms with Gasteiger partial charge in [-0.25, -0.2) is 9.97 Å². The van der Waals surface area contributed by atoms with Gasteiger partial charge < -0.3 is 10.1 Å². The monoisotopic (exact) mass is 418 g/mol. The highest BCUT2D eigenvalue weighted by Crippen LogP contribution is 2.31. The molecule has 0 aliphatic carbocycles. The summed E-state index contributed by atoms with van der Waals surface area (Å²) in [4.78, 5) is 20.7. The molecule has 0 saturated heterocycles. The normalized spacial score (nSPS) is 10.3. The average molecular weight is 419 g/mol. The van der Waals surface area contributed by atoms with Crippen molar-refractivity contribution in [2.24, 2.45) is 0 Å². The van der Waals surface area contributed by atoms with E-state index in [1.54, 1.807) is 43.1 Å². The van der Waals surface area contributed by atoms with Crippen LogP contribution in [0.3, 0.4) is 0 Å². The number of carbonyl (C=O) groups is 1. The maximum Gasteiger partial charge on any atom is 0.190 e. The summed E-state index contributed by atoms with van der Waals surface area (Å²) < 4.78 is 5.23. The van der Waals surface area contributed by atoms with Crippen LogP contribution in [0.2, 0.25) is 0 Å². The Balaban J connectivity index is 2.05. The van der Waals surface area contributed by atoms with Crippen molar-refractivity contribution in [1.82, 2.24) is 9.97 Å². The van der Waals surface area contributed by atoms with E-state index in [0.29, 0.717) is 27.8 Å². The Morgan fingerprint density at radius 3 is 2.40 bits per heavy atom. The number of hydrogen-bond donors (Lipinski definition) is 1. The molecule has 3 rings (SSSR count). The van der Waals surface area contributed by atoms with E-state index >= 15 is 0 Å². The number of thioether (sulfide) groups is 1. The molecular formula is C23H22N4O2S. The second-order valence-corrected chi connectivity index (χ2v) is 7.59. The van der Waals surface area contributed by atoms with Crippen molar-refractivity contribution in [3.8, 4) is 23.1 Å². The Labute approximate surface area is 180 Å². The van der Waals surface area contributed by atoms with Crippen molar-refractivity contribution in [2.45, 2.75) is 25.4 Å². The minimum atomic E-state index is 0.00124. The van der Waals surface area contributed by atoms with Crippen molar-refractivity contribution < 1.29 is 9.53 Å². The van der Waals surface area contributed by atoms with Gasteiger partial charge in [0.05, 0.1) is 12.8 Å². The SMILES string of the molecule is CCCSc1nc(Nc2ccc(C(C)=O)cc2)c(C#N)c(-c2ccc(OC)cc2)n1. The fraction of sp³-hybridized carbons (Fsp3) is 0.217. The van der Waals surface area contributed by atoms with Gasteiger partial charge in [0.1, 0.15) is 17.4 Å². The fourth-order valence-electron chi connectivity index (χ4n) is 2.78. The molecule has 0 fully saturated rings. The summed E-state index contributed by atoms with van der Waals surface area (Å²) in [6.45, 7) is 3.62. The summed E-state index contributed by atoms with van der Waals surface area (Å²) in [7, 11) is 1.61. The quantitative estimate of drug-likeness (QED) is 0.295. The zero-order valence-electron chi connectivity index (χ0n) is 17.1. The third-order valence-electron chi connectivity index (χ3n) is 4.35. The number of Topliss-reactive ketones (excluding diaryl/α,β-unsaturated/α-hetero) is 1. The smallest absolute Gasteiger partial charge is 0.190 e. The molecule has 0 bridgehead atoms. The molecule has 1 aromatic heterocycles. The lowest BCUT2D eigenvalue weighted by atomic mass is 10.1. The number of benzene rings is 2. The summed E-state index contributed by atoms with van der Waals surface area (Å²) >= 11 is 1.55. The van der Waals surface area contributed by atoms with E-state index < -0.39 is 0 Å². The number of aromatic nitrogens is 2. The van der Waals surface area contributed by atoms with Gasteiger partial charge >= 0.3 is 0 Å². The van der Waals surface area contributed by atoms with Crippen molar-refractivity contribution in [3.05, 3.63) is 59.7 Å². The molecule has 152 valence electrons. The number of nitriles is 1. The molecule has 7 heteroatoms. The van der Waals surface area contributed by atoms with E-state index in [1.807, 2.05) is 24.3 Å². The third-order valence-corrected chi connectivity index (χ3v) is 5.41. The summed E-state index contributed by atoms with van der Waals surface area (Å²) in [5.41, 5.74) is 3.10. The van der Waals surface area contributed by atoms with Crippen LogP contribution in [0, 0.1) is 11.3 Å². The van der Waals surface area contributed by atoms with Gasteiger partial charge in [-0.3, -0.25) is 4.79 Å². The largest absolute Gasteiger partial charge is 0.497 e. The molecule has 0 saturated carbocycles. The summed E-state index contributed by atoms with van der Waals surface area (Å²) in [6.07, 6.45) is 0.987. The van der Waals surface area contributed by atoms with Gasteiger partial charge in [0.15, 0.2) is 16.8 Å². The lowest BCUT2D eigenvalue weighted by Gasteiger charge is -2.13. The Morgan fingerprint density at radius 2 is 1.83 bits per heavy atom. The van der Waals surface area contributed by atoms with Crippen LogP contribution in [0.25, 0.3) is 11.3 Å². The molecule has 0 spiro atoms. The van der Waals surface area contributed by atoms with Gasteiger partial charge in [0.25, 0.3) is 0 Å². The number of methoxy groups -OCH3 is 1. The van der Waals surface area contributed by atoms with Crippen LogP contribution < -0.4 is 10.1 Å². The molecular weight excluding hydrogens is 396 g/mol. The first-order valence-corrected chi connectivity index (χ1v) is 10.5. The highest BCUT2D eigenvalue weighted by molar-refractivity contribution is 7.99. The second kappa shape index (κ2) is 9.90. The van der Waals surface area contributed by atoms with E-state index in [4.69, 9.17) is 4.74 Å². The molecule has 0 atom stereocenters. The first-order valence-electron chi connectivity index (χ1n) is 9.53. The standard InChI is InChI=1S/C23H22N4O2S/c1-4-13-30-23-26-21(17-7-11-19(29-3)12-8-17)20(14-24)22(27-23)25-18-9-5-16(6-10-18)15(2)28/h5-12H,4,13H2,1-3H3,(H,25,26,27). The Morgan fingerprint density at radius 1 is 1.13 bits per heavy atom. The predicted octanol–water partition coefficient (Wildman–Crippen LogP) is 5.47. The van der Waals surface area contributed by atoms with Crippen LogP contribution in [0.1, 0.15) is 36.2 Å². The van der Waals surface area contributed by atoms with Gasteiger partial charge in [0.2, 0.25) is 0 Å². The van der Waals surface area contributed by atoms with E-state index in [0.717, 1.165) is 29.2 Å². The summed E-state index contributed by atoms with van der Waals surface area (Å²) in [5.74, 6) is 2.05. The van der Waals surface area contributed by atoms with E-state index in [9.17, 15) is 10.1 Å². The molecule has 0 aliphatic heterocycles. The van der Waals surface area contributed by atoms with Crippen molar-refractivity contribution in [1.29, 1.82) is 5.26 Å². The van der Waals surface area contributed by atoms with Crippen LogP contribution in [0.4, 0.5) is 11.5 Å². The van der Waals surface area contributed by atoms with Crippen LogP contribution >= 0.6 is 11.8 Å². The van der Waals surface area contributed by atoms with Gasteiger partial charge in [-0.05, 0) is 61.9 Å². The lowest BCUT2D eigenvalue weighted by molar-refractivity contribution is 0.101. The number of hydrogen-bond acceptors (Lipinski definition) is 7. The first-order chi connectivity index (χ1) is 14.5. The Kier molecular flexibility index (Phi) is 7.04. The van der Waals surface area contributed by atoms with E-state index in [-0.39, 0.29) is 5.78 Å². The molecule has 3 aromatic rings. The number of nitrogens with one attached hydrogen (secondary N) is 1. The zero-order valence-corrected chi connectivity index (χ0v) is 17.9. The molecule has 0 radical (unpaired) electrons. The van der Waals surface area contributed by atoms with Gasteiger partial charge in [-0.15, -0.1) is 0 Å². The first kappa shape index (κ1) is 21.3. The van der Waals surface area contributed by atoms with Crippen LogP contribution in [0.15, 0.2) is 53.7 Å². The maximum atomic E-state index is 11.5. The van der Waals surface area contributed by atoms with Crippen LogP contribution in [-0.4, -0.2) is 28.6 Å². The molecule has 0 amide bonds. The summed E-state index contributed by atoms with van der Waals surface area (Å²) in [6, 6.07) is 16.8. The van der Waals surface area contributed by atoms with Gasteiger partial charge in [0, 0.05) is 22.6 Å². The topological polar surface area (TPSA) is 87.9 Å². The Bertz CT molecular complexity index is 1070. The zero-order chi connectivity index (χ0) is 21.5. The molecule has 1 N–H and O–H groups in total. The fourth-order valence-corrected chi connectivity index (χ4v) is 3.48. The number of anilines is 2. The van der Waals surface area contributed by atoms with Crippen LogP contribution in [0.5, 0.6) is 5.75 Å². The molecule has 1 heterocycles. The average Bonchev–Trinajstić information content (AvgIpc) is 2.77. The number of ether oxygens (including phenoxy) is 1. The number of rotatable bonds is 8. The molecule has 6 nitrogen and oxygen atoms in total. The van der Waals surface area contributed by atoms with Gasteiger partial charge in [-0.2, -0.15) is 5.26 Å². The van der Waals surface area contributed by atoms with Gasteiger partial charge in [-0.1, -0.05) is 18.7 Å². The number of ketones is 1. The van der Waals surface area contributed by atoms with E-state index in [1.165, 1.54) is 6.92 Å². The minimum Gasteiger partial charge on any atom is -0.497 e. The minimum absolute atomic E-state index is 0.00124. The van der Waals surface area contributed by atoms with Crippen molar-refractivity contribution in [3.63, 3.8) is 0 Å². The lowest BCUT2D eigenvalue weighted by Crippen LogP contribution is -2.04. The molecule has 0 aliphatic rings. The number of carbonyl (C=O) groups excluding carboxylic acids is 1. The number of nitrogens with zero attached hydrogens (tertiary/aromatic N) is 3. The van der Waals surface area contributed by atoms with Crippen LogP contribution in [-0.2, 0) is 0 Å². The van der Waals surface area contributed by atoms with Crippen molar-refractivity contribution >= 4 is 29.1 Å². The molecule has 30 heavy (non-hydrogen) atoms.